The van der Waals surface area contributed by atoms with Crippen LogP contribution in [0.3, 0.4) is 0 Å². The van der Waals surface area contributed by atoms with Crippen LogP contribution in [0.4, 0.5) is 0 Å². The molecule has 1 aliphatic heterocycles. The Balaban J connectivity index is 0.00000139. The summed E-state index contributed by atoms with van der Waals surface area (Å²) in [5.41, 5.74) is 4.54. The largest absolute Gasteiger partial charge is 1.00 e. The molecule has 0 radical (unpaired) electrons. The van der Waals surface area contributed by atoms with Crippen LogP contribution in [0.25, 0.3) is 43.1 Å². The number of ether oxygens (including phenoxy) is 6. The Labute approximate surface area is 727 Å². The van der Waals surface area contributed by atoms with Gasteiger partial charge in [0, 0.05) is 18.4 Å². The first-order chi connectivity index (χ1) is 55.1. The second kappa shape index (κ2) is 56.4. The summed E-state index contributed by atoms with van der Waals surface area (Å²) >= 11 is 5.63. The molecule has 9 aromatic carbocycles. The normalized spacial score (nSPS) is 9.84. The molecule has 1 aliphatic rings. The molecule has 13 aromatic rings. The smallest absolute Gasteiger partial charge is 0.870 e. The number of benzene rings is 9. The summed E-state index contributed by atoms with van der Waals surface area (Å²) in [5, 5.41) is 44.2. The van der Waals surface area contributed by atoms with Crippen LogP contribution in [0.1, 0.15) is 140 Å². The van der Waals surface area contributed by atoms with Gasteiger partial charge >= 0.3 is 81.2 Å². The number of Topliss-reactive ketones (excluding diaryl/α,β-unsaturated/α-hetero) is 1. The first-order valence-corrected chi connectivity index (χ1v) is 35.5. The number of nitrogens with zero attached hydrogens (tertiary/aromatic N) is 3. The molecule has 0 atom stereocenters. The maximum atomic E-state index is 11.8. The van der Waals surface area contributed by atoms with E-state index in [4.69, 9.17) is 50.3 Å². The van der Waals surface area contributed by atoms with Gasteiger partial charge in [0.15, 0.2) is 5.78 Å². The van der Waals surface area contributed by atoms with Gasteiger partial charge in [-0.3, -0.25) is 55.4 Å². The number of aromatic nitrogens is 8. The van der Waals surface area contributed by atoms with Crippen molar-refractivity contribution in [3.63, 3.8) is 0 Å². The fourth-order valence-corrected chi connectivity index (χ4v) is 10.1. The van der Waals surface area contributed by atoms with Crippen LogP contribution >= 0.6 is 11.6 Å². The van der Waals surface area contributed by atoms with Crippen LogP contribution in [-0.4, -0.2) is 117 Å². The Hall–Kier alpha value is -12.9. The summed E-state index contributed by atoms with van der Waals surface area (Å²) in [7, 11) is 0. The number of nitrogens with two attached hydrogens (primary N) is 2. The third-order valence-electron chi connectivity index (χ3n) is 14.9. The van der Waals surface area contributed by atoms with Crippen LogP contribution in [0.15, 0.2) is 242 Å². The number of nitrogens with one attached hydrogen (secondary N) is 5. The number of aromatic amines is 5. The molecule has 624 valence electrons. The molecule has 0 bridgehead atoms. The van der Waals surface area contributed by atoms with Gasteiger partial charge in [0.1, 0.15) is 19.8 Å². The van der Waals surface area contributed by atoms with Crippen LogP contribution in [-0.2, 0) is 44.7 Å². The van der Waals surface area contributed by atoms with E-state index in [2.05, 4.69) is 57.2 Å². The number of alkyl halides is 1. The van der Waals surface area contributed by atoms with Crippen molar-refractivity contribution in [2.75, 3.05) is 13.2 Å². The zero-order valence-electron chi connectivity index (χ0n) is 66.5. The van der Waals surface area contributed by atoms with E-state index in [1.54, 1.807) is 184 Å². The third kappa shape index (κ3) is 32.6. The van der Waals surface area contributed by atoms with Gasteiger partial charge in [-0.1, -0.05) is 143 Å². The SMILES string of the molecule is CC.CC.CC(=O)O.CC(=O)c1cccc(COc2n[nH]c(=O)c3ccccc23)c1.CCOC(=O)c1cccc(CCl)c1.CCOC(=O)c1cccc(COc2n[nH]c(=O)c3ccccc23)c1.N.N.NN.O.O=C(O)c1cccc(COc2n[nH]c(=O)c3ccccc23)c1.O=C1OC(=O)c2ccccc21.O=c1[nH][nH]c(=O)c2ccccc12.[K+].[OH-]. The molecule has 119 heavy (non-hydrogen) atoms. The third-order valence-corrected chi connectivity index (χ3v) is 15.2. The quantitative estimate of drug-likeness (QED) is 0.00629. The van der Waals surface area contributed by atoms with Gasteiger partial charge in [-0.05, 0) is 146 Å². The van der Waals surface area contributed by atoms with Crippen molar-refractivity contribution in [1.82, 2.24) is 53.1 Å². The number of hydrogen-bond donors (Lipinski definition) is 11. The monoisotopic (exact) mass is 1680 g/mol. The van der Waals surface area contributed by atoms with E-state index < -0.39 is 23.9 Å². The summed E-state index contributed by atoms with van der Waals surface area (Å²) < 4.78 is 31.2. The van der Waals surface area contributed by atoms with E-state index in [1.165, 1.54) is 19.1 Å². The summed E-state index contributed by atoms with van der Waals surface area (Å²) in [4.78, 5) is 133. The summed E-state index contributed by atoms with van der Waals surface area (Å²) in [6, 6.07) is 62.3. The van der Waals surface area contributed by atoms with Crippen molar-refractivity contribution in [2.24, 2.45) is 11.7 Å². The Morgan fingerprint density at radius 2 is 0.664 bits per heavy atom. The van der Waals surface area contributed by atoms with Gasteiger partial charge in [-0.25, -0.2) is 39.3 Å². The summed E-state index contributed by atoms with van der Waals surface area (Å²) in [6.07, 6.45) is 0. The molecule has 0 unspecified atom stereocenters. The molecule has 0 fully saturated rings. The number of carboxylic acids is 2. The number of rotatable bonds is 16. The van der Waals surface area contributed by atoms with E-state index in [-0.39, 0.29) is 146 Å². The molecule has 20 N–H and O–H groups in total. The number of halogens is 1. The molecule has 0 spiro atoms. The van der Waals surface area contributed by atoms with Crippen LogP contribution < -0.4 is 117 Å². The van der Waals surface area contributed by atoms with E-state index in [9.17, 15) is 52.7 Å². The number of cyclic esters (lactones) is 2. The van der Waals surface area contributed by atoms with E-state index >= 15 is 0 Å². The fraction of sp³-hybridized carbons (Fsp3) is 0.169. The van der Waals surface area contributed by atoms with Gasteiger partial charge in [0.05, 0.1) is 84.1 Å². The first-order valence-electron chi connectivity index (χ1n) is 35.0. The second-order valence-corrected chi connectivity index (χ2v) is 22.8. The second-order valence-electron chi connectivity index (χ2n) is 22.5. The Kier molecular flexibility index (Phi) is 50.3. The minimum absolute atomic E-state index is 0. The molecule has 0 aliphatic carbocycles. The molecule has 5 heterocycles. The first kappa shape index (κ1) is 106. The number of H-pyrrole nitrogens is 5. The van der Waals surface area contributed by atoms with Gasteiger partial charge < -0.3 is 61.9 Å². The minimum Gasteiger partial charge on any atom is -0.870 e. The van der Waals surface area contributed by atoms with Gasteiger partial charge in [0.25, 0.3) is 33.8 Å². The Bertz CT molecular complexity index is 5530. The predicted octanol–water partition coefficient (Wildman–Crippen LogP) is 8.69. The number of fused-ring (bicyclic) bond motifs is 5. The molecular formula is C83H92ClKN12O22. The molecule has 0 saturated carbocycles. The number of carbonyl (C=O) groups is 7. The maximum absolute atomic E-state index is 11.8. The summed E-state index contributed by atoms with van der Waals surface area (Å²) in [6.45, 7) is 15.5. The topological polar surface area (TPSA) is 602 Å². The van der Waals surface area contributed by atoms with Crippen LogP contribution in [0.2, 0.25) is 0 Å². The van der Waals surface area contributed by atoms with Gasteiger partial charge in [-0.15, -0.1) is 26.9 Å². The van der Waals surface area contributed by atoms with Gasteiger partial charge in [0.2, 0.25) is 17.6 Å². The molecule has 14 rings (SSSR count). The standard InChI is InChI=1S/C18H16N2O4.C17H14N2O3.C16H12N2O4.C10H11ClO2.C8H6N2O2.C8H4O3.C2H4O2.2C2H6.K.H4N2.2H3N.2H2O/c1-2-23-18(22)13-7-5-6-12(10-13)11-24-17-15-9-4-3-8-14(15)16(21)19-20-17;1-11(20)13-6-4-5-12(9-13)10-22-17-15-8-3-2-7-14(15)16(21)18-19-17;19-14-12-6-1-2-7-13(12)15(18-17-14)22-9-10-4-3-5-11(8-10)16(20)21;1-2-13-10(12)9-5-3-4-8(6-9)7-11;11-7-5-3-1-2-4-6(5)8(12)10-9-7;9-7-5-3-1-2-4-6(5)8(10)11-7;1-2(3)4;2*1-2;;1-2;;;;/h3-10H,2,11H2,1H3,(H,19,21);2-9H,10H2,1H3,(H,18,21);1-8H,9H2,(H,17,19)(H,20,21);3-6H,2,7H2,1H3;1-4H,(H,9,11)(H,10,12);1-4H;1H3,(H,3,4);2*1-2H3;;1-2H2;2*1H3;2*1H2/q;;;;;;;;;+1;;;;;/p-1. The molecule has 0 amide bonds. The molecule has 34 nitrogen and oxygen atoms in total. The fourth-order valence-electron chi connectivity index (χ4n) is 9.89. The average Bonchev–Trinajstić information content (AvgIpc) is 1.33. The number of aliphatic carboxylic acids is 1. The number of esters is 4. The maximum Gasteiger partial charge on any atom is 1.00 e. The number of hydrogen-bond acceptors (Lipinski definition) is 26. The van der Waals surface area contributed by atoms with Crippen molar-refractivity contribution < 1.29 is 135 Å². The van der Waals surface area contributed by atoms with Crippen molar-refractivity contribution >= 4 is 96.3 Å². The molecule has 4 aromatic heterocycles. The van der Waals surface area contributed by atoms with Crippen LogP contribution in [0, 0.1) is 0 Å². The van der Waals surface area contributed by atoms with Crippen molar-refractivity contribution in [1.29, 1.82) is 0 Å². The number of ketones is 1. The minimum atomic E-state index is -0.991. The molecular weight excluding hydrogens is 1590 g/mol. The van der Waals surface area contributed by atoms with Crippen LogP contribution in [0.5, 0.6) is 17.6 Å². The van der Waals surface area contributed by atoms with E-state index in [0.29, 0.717) is 113 Å². The number of carbonyl (C=O) groups excluding carboxylic acids is 5. The average molecular weight is 1680 g/mol. The van der Waals surface area contributed by atoms with Crippen molar-refractivity contribution in [3.8, 4) is 17.6 Å². The molecule has 36 heteroatoms. The Morgan fingerprint density at radius 3 is 0.966 bits per heavy atom. The Morgan fingerprint density at radius 1 is 0.403 bits per heavy atom. The summed E-state index contributed by atoms with van der Waals surface area (Å²) in [5.74, 6) is 5.83. The van der Waals surface area contributed by atoms with Crippen molar-refractivity contribution in [2.45, 2.75) is 81.1 Å². The number of hydrazine groups is 1. The van der Waals surface area contributed by atoms with Gasteiger partial charge in [-0.2, -0.15) is 0 Å². The van der Waals surface area contributed by atoms with Crippen molar-refractivity contribution in [3.05, 3.63) is 326 Å². The zero-order valence-corrected chi connectivity index (χ0v) is 70.4. The van der Waals surface area contributed by atoms with E-state index in [1.807, 2.05) is 64.1 Å². The predicted molar refractivity (Wildman–Crippen MR) is 446 cm³/mol. The number of aromatic carboxylic acids is 1. The number of carboxylic acid groups (broad SMARTS) is 2. The molecule has 0 saturated heterocycles. The zero-order chi connectivity index (χ0) is 83.7. The van der Waals surface area contributed by atoms with E-state index in [0.717, 1.165) is 23.6 Å².